The first-order valence-corrected chi connectivity index (χ1v) is 7.26. The third kappa shape index (κ3) is 3.15. The minimum atomic E-state index is 0.170. The van der Waals surface area contributed by atoms with Gasteiger partial charge in [-0.1, -0.05) is 12.1 Å². The lowest BCUT2D eigenvalue weighted by molar-refractivity contribution is 0.264. The molecule has 1 aromatic heterocycles. The molecule has 0 saturated heterocycles. The normalized spacial score (nSPS) is 10.2. The number of halogens is 1. The van der Waals surface area contributed by atoms with Crippen LogP contribution in [-0.2, 0) is 6.61 Å². The van der Waals surface area contributed by atoms with E-state index in [-0.39, 0.29) is 6.61 Å². The van der Waals surface area contributed by atoms with E-state index in [4.69, 9.17) is 14.4 Å². The second kappa shape index (κ2) is 6.41. The summed E-state index contributed by atoms with van der Waals surface area (Å²) in [6.07, 6.45) is 0. The van der Waals surface area contributed by atoms with Gasteiger partial charge in [-0.05, 0) is 52.3 Å². The van der Waals surface area contributed by atoms with Gasteiger partial charge >= 0.3 is 0 Å². The summed E-state index contributed by atoms with van der Waals surface area (Å²) in [6.45, 7) is 0.170. The van der Waals surface area contributed by atoms with Crippen molar-refractivity contribution in [1.29, 1.82) is 5.26 Å². The SMILES string of the molecule is N#Cc1ccc(OCc2nnc(-c3ccccc3Br)o2)cc1. The Labute approximate surface area is 135 Å². The first-order chi connectivity index (χ1) is 10.8. The first kappa shape index (κ1) is 14.3. The summed E-state index contributed by atoms with van der Waals surface area (Å²) in [6, 6.07) is 16.5. The van der Waals surface area contributed by atoms with Crippen molar-refractivity contribution in [2.24, 2.45) is 0 Å². The number of nitriles is 1. The number of hydrogen-bond acceptors (Lipinski definition) is 5. The van der Waals surface area contributed by atoms with Gasteiger partial charge in [-0.2, -0.15) is 5.26 Å². The summed E-state index contributed by atoms with van der Waals surface area (Å²) in [5.41, 5.74) is 1.42. The number of hydrogen-bond donors (Lipinski definition) is 0. The Hall–Kier alpha value is -2.65. The van der Waals surface area contributed by atoms with Crippen molar-refractivity contribution in [3.05, 3.63) is 64.5 Å². The van der Waals surface area contributed by atoms with Crippen LogP contribution < -0.4 is 4.74 Å². The molecule has 0 unspecified atom stereocenters. The molecule has 1 heterocycles. The topological polar surface area (TPSA) is 71.9 Å². The number of rotatable bonds is 4. The predicted octanol–water partition coefficient (Wildman–Crippen LogP) is 3.95. The number of benzene rings is 2. The average molecular weight is 356 g/mol. The molecule has 0 amide bonds. The first-order valence-electron chi connectivity index (χ1n) is 6.46. The molecule has 5 nitrogen and oxygen atoms in total. The van der Waals surface area contributed by atoms with Crippen LogP contribution in [0.1, 0.15) is 11.5 Å². The van der Waals surface area contributed by atoms with Crippen molar-refractivity contribution < 1.29 is 9.15 Å². The lowest BCUT2D eigenvalue weighted by Crippen LogP contribution is -1.95. The zero-order valence-electron chi connectivity index (χ0n) is 11.4. The second-order valence-electron chi connectivity index (χ2n) is 4.41. The van der Waals surface area contributed by atoms with Crippen LogP contribution in [0.2, 0.25) is 0 Å². The number of aromatic nitrogens is 2. The summed E-state index contributed by atoms with van der Waals surface area (Å²) in [5.74, 6) is 1.46. The van der Waals surface area contributed by atoms with Crippen LogP contribution in [0.3, 0.4) is 0 Å². The number of nitrogens with zero attached hydrogens (tertiary/aromatic N) is 3. The maximum atomic E-state index is 8.74. The molecule has 3 aromatic rings. The van der Waals surface area contributed by atoms with Crippen LogP contribution in [-0.4, -0.2) is 10.2 Å². The van der Waals surface area contributed by atoms with Gasteiger partial charge in [-0.25, -0.2) is 0 Å². The van der Waals surface area contributed by atoms with E-state index in [9.17, 15) is 0 Å². The van der Waals surface area contributed by atoms with E-state index in [1.54, 1.807) is 24.3 Å². The number of ether oxygens (including phenoxy) is 1. The fourth-order valence-corrected chi connectivity index (χ4v) is 2.28. The molecule has 3 rings (SSSR count). The minimum absolute atomic E-state index is 0.170. The van der Waals surface area contributed by atoms with E-state index in [1.165, 1.54) is 0 Å². The van der Waals surface area contributed by atoms with Crippen molar-refractivity contribution in [1.82, 2.24) is 10.2 Å². The second-order valence-corrected chi connectivity index (χ2v) is 5.26. The summed E-state index contributed by atoms with van der Waals surface area (Å²) in [5, 5.41) is 16.7. The Balaban J connectivity index is 1.69. The maximum absolute atomic E-state index is 8.74. The van der Waals surface area contributed by atoms with Crippen LogP contribution in [0.15, 0.2) is 57.4 Å². The van der Waals surface area contributed by atoms with Crippen LogP contribution in [0.4, 0.5) is 0 Å². The molecule has 0 aliphatic carbocycles. The Morgan fingerprint density at radius 3 is 2.59 bits per heavy atom. The predicted molar refractivity (Wildman–Crippen MR) is 82.9 cm³/mol. The standard InChI is InChI=1S/C16H10BrN3O2/c17-14-4-2-1-3-13(14)16-20-19-15(22-16)10-21-12-7-5-11(9-18)6-8-12/h1-8H,10H2. The zero-order valence-corrected chi connectivity index (χ0v) is 12.9. The monoisotopic (exact) mass is 355 g/mol. The van der Waals surface area contributed by atoms with Crippen molar-refractivity contribution in [3.8, 4) is 23.3 Å². The summed E-state index contributed by atoms with van der Waals surface area (Å²) in [4.78, 5) is 0. The van der Waals surface area contributed by atoms with Gasteiger partial charge in [0, 0.05) is 4.47 Å². The van der Waals surface area contributed by atoms with Crippen LogP contribution in [0, 0.1) is 11.3 Å². The van der Waals surface area contributed by atoms with E-state index in [1.807, 2.05) is 24.3 Å². The highest BCUT2D eigenvalue weighted by molar-refractivity contribution is 9.10. The molecule has 0 saturated carbocycles. The van der Waals surface area contributed by atoms with Crippen molar-refractivity contribution in [2.75, 3.05) is 0 Å². The summed E-state index contributed by atoms with van der Waals surface area (Å²) < 4.78 is 12.0. The van der Waals surface area contributed by atoms with Crippen molar-refractivity contribution in [3.63, 3.8) is 0 Å². The average Bonchev–Trinajstić information content (AvgIpc) is 3.02. The van der Waals surface area contributed by atoms with Crippen LogP contribution in [0.5, 0.6) is 5.75 Å². The third-order valence-corrected chi connectivity index (χ3v) is 3.61. The molecule has 2 aromatic carbocycles. The van der Waals surface area contributed by atoms with E-state index >= 15 is 0 Å². The van der Waals surface area contributed by atoms with E-state index in [2.05, 4.69) is 32.2 Å². The molecule has 108 valence electrons. The quantitative estimate of drug-likeness (QED) is 0.708. The Morgan fingerprint density at radius 1 is 1.09 bits per heavy atom. The summed E-state index contributed by atoms with van der Waals surface area (Å²) >= 11 is 3.45. The Bertz CT molecular complexity index is 822. The molecule has 0 fully saturated rings. The molecule has 0 atom stereocenters. The molecule has 6 heteroatoms. The van der Waals surface area contributed by atoms with Crippen LogP contribution in [0.25, 0.3) is 11.5 Å². The maximum Gasteiger partial charge on any atom is 0.254 e. The van der Waals surface area contributed by atoms with Crippen molar-refractivity contribution >= 4 is 15.9 Å². The Morgan fingerprint density at radius 2 is 1.86 bits per heavy atom. The lowest BCUT2D eigenvalue weighted by atomic mass is 10.2. The van der Waals surface area contributed by atoms with Crippen molar-refractivity contribution in [2.45, 2.75) is 6.61 Å². The van der Waals surface area contributed by atoms with E-state index in [0.717, 1.165) is 10.0 Å². The highest BCUT2D eigenvalue weighted by atomic mass is 79.9. The molecular weight excluding hydrogens is 346 g/mol. The van der Waals surface area contributed by atoms with Gasteiger partial charge in [0.05, 0.1) is 17.2 Å². The van der Waals surface area contributed by atoms with Gasteiger partial charge in [0.15, 0.2) is 6.61 Å². The third-order valence-electron chi connectivity index (χ3n) is 2.92. The molecule has 0 aliphatic heterocycles. The van der Waals surface area contributed by atoms with Gasteiger partial charge < -0.3 is 9.15 Å². The molecule has 0 aliphatic rings. The molecule has 0 N–H and O–H groups in total. The van der Waals surface area contributed by atoms with E-state index in [0.29, 0.717) is 23.1 Å². The Kier molecular flexibility index (Phi) is 4.17. The molecule has 22 heavy (non-hydrogen) atoms. The largest absolute Gasteiger partial charge is 0.484 e. The van der Waals surface area contributed by atoms with Gasteiger partial charge in [0.25, 0.3) is 5.89 Å². The molecular formula is C16H10BrN3O2. The van der Waals surface area contributed by atoms with Gasteiger partial charge in [-0.15, -0.1) is 10.2 Å². The zero-order chi connectivity index (χ0) is 15.4. The molecule has 0 bridgehead atoms. The molecule has 0 spiro atoms. The summed E-state index contributed by atoms with van der Waals surface area (Å²) in [7, 11) is 0. The molecule has 0 radical (unpaired) electrons. The highest BCUT2D eigenvalue weighted by Gasteiger charge is 2.11. The lowest BCUT2D eigenvalue weighted by Gasteiger charge is -2.02. The van der Waals surface area contributed by atoms with E-state index < -0.39 is 0 Å². The van der Waals surface area contributed by atoms with Gasteiger partial charge in [0.1, 0.15) is 5.75 Å². The van der Waals surface area contributed by atoms with Gasteiger partial charge in [-0.3, -0.25) is 0 Å². The fraction of sp³-hybridized carbons (Fsp3) is 0.0625. The minimum Gasteiger partial charge on any atom is -0.484 e. The van der Waals surface area contributed by atoms with Gasteiger partial charge in [0.2, 0.25) is 5.89 Å². The highest BCUT2D eigenvalue weighted by Crippen LogP contribution is 2.26. The smallest absolute Gasteiger partial charge is 0.254 e. The van der Waals surface area contributed by atoms with Crippen LogP contribution >= 0.6 is 15.9 Å². The fourth-order valence-electron chi connectivity index (χ4n) is 1.83.